The first kappa shape index (κ1) is 11.4. The number of ketones is 1. The molecule has 1 saturated heterocycles. The number of likely N-dealkylation sites (tertiary alicyclic amines) is 1. The van der Waals surface area contributed by atoms with Gasteiger partial charge in [0.1, 0.15) is 5.78 Å². The zero-order valence-electron chi connectivity index (χ0n) is 7.13. The van der Waals surface area contributed by atoms with Crippen molar-refractivity contribution in [3.63, 3.8) is 0 Å². The van der Waals surface area contributed by atoms with Gasteiger partial charge in [-0.1, -0.05) is 0 Å². The highest BCUT2D eigenvalue weighted by Crippen LogP contribution is 2.15. The Kier molecular flexibility index (Phi) is 4.92. The second-order valence-electron chi connectivity index (χ2n) is 2.96. The Balaban J connectivity index is 0.000000561. The summed E-state index contributed by atoms with van der Waals surface area (Å²) in [6, 6.07) is -0.0463. The lowest BCUT2D eigenvalue weighted by atomic mass is 10.1. The topological polar surface area (TPSA) is 40.5 Å². The van der Waals surface area contributed by atoms with Crippen molar-refractivity contribution in [2.75, 3.05) is 13.6 Å². The molecule has 1 rings (SSSR count). The van der Waals surface area contributed by atoms with Crippen LogP contribution in [0.2, 0.25) is 0 Å². The first-order valence-electron chi connectivity index (χ1n) is 3.64. The van der Waals surface area contributed by atoms with Gasteiger partial charge in [0.25, 0.3) is 0 Å². The van der Waals surface area contributed by atoms with Crippen LogP contribution < -0.4 is 0 Å². The highest BCUT2D eigenvalue weighted by Gasteiger charge is 2.30. The van der Waals surface area contributed by atoms with Crippen molar-refractivity contribution in [3.05, 3.63) is 0 Å². The Bertz CT molecular complexity index is 154. The number of rotatable bonds is 1. The molecule has 1 N–H and O–H groups in total. The van der Waals surface area contributed by atoms with Crippen LogP contribution >= 0.6 is 0 Å². The summed E-state index contributed by atoms with van der Waals surface area (Å²) in [5.74, 6) is 0.152. The van der Waals surface area contributed by atoms with Gasteiger partial charge in [0.05, 0.1) is 12.1 Å². The Hall–Kier alpha value is -0.550. The van der Waals surface area contributed by atoms with Crippen molar-refractivity contribution in [1.29, 1.82) is 0 Å². The second kappa shape index (κ2) is 5.16. The molecule has 0 spiro atoms. The van der Waals surface area contributed by atoms with E-state index in [1.165, 1.54) is 0 Å². The summed E-state index contributed by atoms with van der Waals surface area (Å²) in [6.45, 7) is 2.20. The van der Waals surface area contributed by atoms with Gasteiger partial charge in [-0.3, -0.25) is 9.69 Å². The van der Waals surface area contributed by atoms with Gasteiger partial charge in [-0.2, -0.15) is 0 Å². The van der Waals surface area contributed by atoms with Crippen LogP contribution in [0, 0.1) is 0 Å². The minimum absolute atomic E-state index is 0.0463. The average Bonchev–Trinajstić information content (AvgIpc) is 2.34. The summed E-state index contributed by atoms with van der Waals surface area (Å²) in [5.41, 5.74) is 0. The minimum Gasteiger partial charge on any atom is -0.392 e. The first-order valence-corrected chi connectivity index (χ1v) is 3.64. The third kappa shape index (κ3) is 2.83. The fourth-order valence-corrected chi connectivity index (χ4v) is 1.45. The molecule has 5 heteroatoms. The Morgan fingerprint density at radius 1 is 1.58 bits per heavy atom. The molecule has 0 aromatic carbocycles. The van der Waals surface area contributed by atoms with Gasteiger partial charge in [-0.05, 0) is 20.4 Å². The number of aliphatic hydroxyl groups excluding tert-OH is 1. The number of β-amino-alcohol motifs (C(OH)–C–C–N with tert-alkyl or cyclic N) is 1. The number of hydrogen-bond donors (Lipinski definition) is 1. The van der Waals surface area contributed by atoms with Gasteiger partial charge < -0.3 is 5.11 Å². The molecule has 2 atom stereocenters. The average molecular weight is 181 g/mol. The highest BCUT2D eigenvalue weighted by molar-refractivity contribution is 5.81. The first-order chi connectivity index (χ1) is 5.61. The number of nitrogens with zero attached hydrogens (tertiary/aromatic N) is 1. The summed E-state index contributed by atoms with van der Waals surface area (Å²) in [6.07, 6.45) is 0.296. The van der Waals surface area contributed by atoms with Crippen molar-refractivity contribution < 1.29 is 19.0 Å². The molecule has 0 unspecified atom stereocenters. The molecule has 0 aliphatic carbocycles. The van der Waals surface area contributed by atoms with E-state index in [2.05, 4.69) is 0 Å². The van der Waals surface area contributed by atoms with Crippen LogP contribution in [0.3, 0.4) is 0 Å². The summed E-state index contributed by atoms with van der Waals surface area (Å²) in [5, 5.41) is 9.12. The van der Waals surface area contributed by atoms with Crippen LogP contribution in [0.1, 0.15) is 13.3 Å². The summed E-state index contributed by atoms with van der Waals surface area (Å²) >= 11 is 0. The van der Waals surface area contributed by atoms with Gasteiger partial charge in [-0.25, -0.2) is 0 Å². The second-order valence-corrected chi connectivity index (χ2v) is 2.96. The Labute approximate surface area is 69.8 Å². The van der Waals surface area contributed by atoms with Gasteiger partial charge in [-0.15, -0.1) is 0 Å². The van der Waals surface area contributed by atoms with Gasteiger partial charge in [0.15, 0.2) is 0 Å². The van der Waals surface area contributed by atoms with E-state index in [0.717, 1.165) is 0 Å². The monoisotopic (exact) mass is 181 g/mol. The number of carbonyl (C=O) groups is 1. The van der Waals surface area contributed by atoms with E-state index >= 15 is 0 Å². The summed E-state index contributed by atoms with van der Waals surface area (Å²) in [7, 11) is 1.86. The van der Waals surface area contributed by atoms with Crippen molar-refractivity contribution in [2.45, 2.75) is 25.5 Å². The van der Waals surface area contributed by atoms with Crippen LogP contribution in [-0.2, 0) is 4.79 Å². The van der Waals surface area contributed by atoms with Crippen molar-refractivity contribution in [2.24, 2.45) is 0 Å². The van der Waals surface area contributed by atoms with E-state index in [4.69, 9.17) is 14.3 Å². The normalized spacial score (nSPS) is 29.4. The maximum Gasteiger partial charge on any atom is 0.146 e. The molecule has 0 saturated carbocycles. The van der Waals surface area contributed by atoms with Crippen LogP contribution in [0.15, 0.2) is 0 Å². The summed E-state index contributed by atoms with van der Waals surface area (Å²) in [4.78, 5) is 12.7. The highest BCUT2D eigenvalue weighted by atomic mass is 20.0. The van der Waals surface area contributed by atoms with Crippen molar-refractivity contribution >= 4 is 5.78 Å². The third-order valence-corrected chi connectivity index (χ3v) is 2.00. The molecule has 1 heterocycles. The summed E-state index contributed by atoms with van der Waals surface area (Å²) < 4.78 is 16.0. The zero-order valence-corrected chi connectivity index (χ0v) is 7.13. The number of hydrogen-bond acceptors (Lipinski definition) is 3. The van der Waals surface area contributed by atoms with E-state index in [1.54, 1.807) is 6.92 Å². The van der Waals surface area contributed by atoms with Gasteiger partial charge in [0.2, 0.25) is 0 Å². The van der Waals surface area contributed by atoms with Crippen molar-refractivity contribution in [3.8, 4) is 0 Å². The van der Waals surface area contributed by atoms with Crippen LogP contribution in [0.25, 0.3) is 0 Å². The molecule has 0 aromatic rings. The number of halogens is 2. The van der Waals surface area contributed by atoms with Crippen molar-refractivity contribution in [1.82, 2.24) is 4.90 Å². The Morgan fingerprint density at radius 2 is 2.08 bits per heavy atom. The number of aliphatic hydroxyl groups is 1. The van der Waals surface area contributed by atoms with Crippen LogP contribution in [0.4, 0.5) is 9.15 Å². The fraction of sp³-hybridized carbons (Fsp3) is 0.857. The lowest BCUT2D eigenvalue weighted by Gasteiger charge is -2.14. The SMILES string of the molecule is CC(=O)[C@@H]1C[C@@H](O)CN1C.FF. The fourth-order valence-electron chi connectivity index (χ4n) is 1.45. The zero-order chi connectivity index (χ0) is 9.72. The smallest absolute Gasteiger partial charge is 0.146 e. The molecule has 0 radical (unpaired) electrons. The molecule has 3 nitrogen and oxygen atoms in total. The molecule has 0 amide bonds. The van der Waals surface area contributed by atoms with E-state index in [1.807, 2.05) is 11.9 Å². The largest absolute Gasteiger partial charge is 0.392 e. The molecule has 0 aromatic heterocycles. The molecule has 0 bridgehead atoms. The van der Waals surface area contributed by atoms with Crippen LogP contribution in [0.5, 0.6) is 0 Å². The molecule has 1 aliphatic heterocycles. The van der Waals surface area contributed by atoms with Gasteiger partial charge in [0, 0.05) is 15.7 Å². The molecule has 1 fully saturated rings. The minimum atomic E-state index is -0.307. The maximum atomic E-state index is 10.8. The number of likely N-dealkylation sites (N-methyl/N-ethyl adjacent to an activating group) is 1. The molecule has 72 valence electrons. The third-order valence-electron chi connectivity index (χ3n) is 2.00. The molecular weight excluding hydrogens is 168 g/mol. The molecular formula is C7H13F2NO2. The van der Waals surface area contributed by atoms with Gasteiger partial charge >= 0.3 is 0 Å². The predicted molar refractivity (Wildman–Crippen MR) is 39.9 cm³/mol. The lowest BCUT2D eigenvalue weighted by molar-refractivity contribution is -0.120. The van der Waals surface area contributed by atoms with E-state index < -0.39 is 0 Å². The van der Waals surface area contributed by atoms with E-state index in [-0.39, 0.29) is 17.9 Å². The number of carbonyl (C=O) groups excluding carboxylic acids is 1. The molecule has 12 heavy (non-hydrogen) atoms. The maximum absolute atomic E-state index is 10.8. The predicted octanol–water partition coefficient (Wildman–Crippen LogP) is 0.481. The standard InChI is InChI=1S/C7H13NO2.F2/c1-5(9)7-3-6(10)4-8(7)2;1-2/h6-7,10H,3-4H2,1-2H3;/t6-,7+;/m1./s1. The molecule has 1 aliphatic rings. The van der Waals surface area contributed by atoms with E-state index in [9.17, 15) is 4.79 Å². The number of Topliss-reactive ketones (excluding diaryl/α,β-unsaturated/α-hetero) is 1. The van der Waals surface area contributed by atoms with E-state index in [0.29, 0.717) is 13.0 Å². The lowest BCUT2D eigenvalue weighted by Crippen LogP contribution is -2.30. The quantitative estimate of drug-likeness (QED) is 0.639. The Morgan fingerprint density at radius 3 is 2.25 bits per heavy atom. The van der Waals surface area contributed by atoms with Crippen LogP contribution in [-0.4, -0.2) is 41.5 Å².